The number of carboxylic acids is 1. The zero-order chi connectivity index (χ0) is 36.6. The molecule has 6 aliphatic rings. The van der Waals surface area contributed by atoms with Gasteiger partial charge < -0.3 is 20.2 Å². The van der Waals surface area contributed by atoms with Crippen LogP contribution in [0.5, 0.6) is 0 Å². The third-order valence-electron chi connectivity index (χ3n) is 16.8. The fraction of sp³-hybridized carbons (Fsp3) is 0.829. The standard InChI is InChI=1S/C41H67N5O4S/c1-28(2)30-11-14-41(27-42-18-8-19-45-21-23-51(49,50)24-22-45)16-15-39(6)31(34(30)41)9-10-33-38(5)17-20-46(36-43-25-29(26-44-36)35(47)48)37(3,4)32(38)12-13-40(33,39)7/h25-26,30-34,42,49-50H,1,8-24,27H2,2-7H3,(H,47,48)/t30-,31+,32-,33+,34+,38-,39+,40+,41+/m0/s1. The SMILES string of the molecule is C=C(C)[C@@H]1CC[C@]2(CNCCCN3CCS(O)(O)CC3)CC[C@]3(C)[C@H](CC[C@@H]4[C@@]5(C)CCN(c6ncc(C(=O)O)cn6)C(C)(C)[C@@H]5CC[C@]43C)[C@@H]12. The van der Waals surface area contributed by atoms with Gasteiger partial charge in [0.25, 0.3) is 0 Å². The van der Waals surface area contributed by atoms with Crippen LogP contribution in [0, 0.1) is 51.2 Å². The van der Waals surface area contributed by atoms with Gasteiger partial charge in [0.1, 0.15) is 0 Å². The van der Waals surface area contributed by atoms with Gasteiger partial charge in [0.15, 0.2) is 0 Å². The average molecular weight is 726 g/mol. The molecule has 9 nitrogen and oxygen atoms in total. The summed E-state index contributed by atoms with van der Waals surface area (Å²) >= 11 is 0. The predicted molar refractivity (Wildman–Crippen MR) is 207 cm³/mol. The van der Waals surface area contributed by atoms with Crippen LogP contribution in [0.1, 0.15) is 116 Å². The van der Waals surface area contributed by atoms with Crippen molar-refractivity contribution >= 4 is 22.5 Å². The first-order valence-corrected chi connectivity index (χ1v) is 22.0. The lowest BCUT2D eigenvalue weighted by Gasteiger charge is -2.73. The Hall–Kier alpha value is -1.72. The number of anilines is 1. The Balaban J connectivity index is 1.07. The summed E-state index contributed by atoms with van der Waals surface area (Å²) in [7, 11) is -2.33. The molecule has 1 aromatic rings. The van der Waals surface area contributed by atoms with Gasteiger partial charge >= 0.3 is 5.97 Å². The first kappa shape index (κ1) is 37.6. The molecule has 3 heterocycles. The molecule has 7 rings (SSSR count). The highest BCUT2D eigenvalue weighted by Gasteiger charge is 2.70. The third kappa shape index (κ3) is 6.09. The van der Waals surface area contributed by atoms with Crippen molar-refractivity contribution in [3.63, 3.8) is 0 Å². The number of hydrogen-bond donors (Lipinski definition) is 4. The fourth-order valence-corrected chi connectivity index (χ4v) is 15.3. The van der Waals surface area contributed by atoms with Gasteiger partial charge in [0.2, 0.25) is 5.95 Å². The van der Waals surface area contributed by atoms with E-state index in [4.69, 9.17) is 0 Å². The first-order valence-electron chi connectivity index (χ1n) is 20.1. The van der Waals surface area contributed by atoms with E-state index in [2.05, 4.69) is 73.2 Å². The van der Waals surface area contributed by atoms with Gasteiger partial charge in [-0.15, -0.1) is 0 Å². The Kier molecular flexibility index (Phi) is 9.76. The molecule has 286 valence electrons. The van der Waals surface area contributed by atoms with Crippen molar-refractivity contribution in [2.75, 3.05) is 55.7 Å². The van der Waals surface area contributed by atoms with Crippen LogP contribution in [-0.4, -0.2) is 91.4 Å². The summed E-state index contributed by atoms with van der Waals surface area (Å²) in [6.07, 6.45) is 15.5. The molecule has 1 aromatic heterocycles. The number of aromatic carboxylic acids is 1. The van der Waals surface area contributed by atoms with Crippen molar-refractivity contribution in [2.24, 2.45) is 51.2 Å². The molecule has 0 bridgehead atoms. The number of allylic oxidation sites excluding steroid dienone is 1. The number of nitrogens with one attached hydrogen (secondary N) is 1. The van der Waals surface area contributed by atoms with Crippen molar-refractivity contribution in [2.45, 2.75) is 111 Å². The number of fused-ring (bicyclic) bond motifs is 7. The molecule has 0 unspecified atom stereocenters. The van der Waals surface area contributed by atoms with Crippen molar-refractivity contribution in [1.82, 2.24) is 20.2 Å². The highest BCUT2D eigenvalue weighted by molar-refractivity contribution is 8.24. The normalized spacial score (nSPS) is 42.2. The Morgan fingerprint density at radius 1 is 0.922 bits per heavy atom. The molecular weight excluding hydrogens is 659 g/mol. The molecule has 4 N–H and O–H groups in total. The highest BCUT2D eigenvalue weighted by atomic mass is 32.3. The molecule has 4 saturated carbocycles. The van der Waals surface area contributed by atoms with Crippen molar-refractivity contribution in [3.05, 3.63) is 30.1 Å². The molecule has 0 spiro atoms. The summed E-state index contributed by atoms with van der Waals surface area (Å²) in [5, 5.41) is 13.4. The maximum absolute atomic E-state index is 11.5. The summed E-state index contributed by atoms with van der Waals surface area (Å²) in [5.74, 6) is 3.96. The summed E-state index contributed by atoms with van der Waals surface area (Å²) in [4.78, 5) is 25.4. The second kappa shape index (κ2) is 13.2. The van der Waals surface area contributed by atoms with Crippen LogP contribution in [0.25, 0.3) is 0 Å². The lowest BCUT2D eigenvalue weighted by Crippen LogP contribution is -2.70. The number of piperidine rings is 1. The molecule has 9 atom stereocenters. The minimum Gasteiger partial charge on any atom is -0.478 e. The summed E-state index contributed by atoms with van der Waals surface area (Å²) < 4.78 is 20.0. The van der Waals surface area contributed by atoms with E-state index in [1.54, 1.807) is 0 Å². The Morgan fingerprint density at radius 2 is 1.63 bits per heavy atom. The maximum atomic E-state index is 11.5. The second-order valence-corrected chi connectivity index (χ2v) is 21.7. The van der Waals surface area contributed by atoms with Crippen LogP contribution in [0.4, 0.5) is 5.95 Å². The van der Waals surface area contributed by atoms with Gasteiger partial charge in [0.05, 0.1) is 17.1 Å². The first-order chi connectivity index (χ1) is 24.0. The van der Waals surface area contributed by atoms with Gasteiger partial charge in [-0.05, 0) is 149 Å². The maximum Gasteiger partial charge on any atom is 0.338 e. The van der Waals surface area contributed by atoms with Gasteiger partial charge in [-0.25, -0.2) is 14.8 Å². The molecular formula is C41H67N5O4S. The van der Waals surface area contributed by atoms with Crippen LogP contribution >= 0.6 is 10.6 Å². The van der Waals surface area contributed by atoms with E-state index < -0.39 is 16.6 Å². The number of carbonyl (C=O) groups is 1. The smallest absolute Gasteiger partial charge is 0.338 e. The van der Waals surface area contributed by atoms with Gasteiger partial charge in [-0.1, -0.05) is 32.9 Å². The lowest BCUT2D eigenvalue weighted by atomic mass is 9.33. The van der Waals surface area contributed by atoms with Crippen LogP contribution < -0.4 is 10.2 Å². The molecule has 51 heavy (non-hydrogen) atoms. The van der Waals surface area contributed by atoms with Crippen molar-refractivity contribution in [3.8, 4) is 0 Å². The van der Waals surface area contributed by atoms with E-state index in [0.29, 0.717) is 52.0 Å². The van der Waals surface area contributed by atoms with Crippen LogP contribution in [0.3, 0.4) is 0 Å². The number of rotatable bonds is 9. The quantitative estimate of drug-likeness (QED) is 0.148. The Bertz CT molecular complexity index is 1480. The monoisotopic (exact) mass is 725 g/mol. The van der Waals surface area contributed by atoms with Crippen molar-refractivity contribution < 1.29 is 19.0 Å². The molecule has 6 fully saturated rings. The highest BCUT2D eigenvalue weighted by Crippen LogP contribution is 2.76. The van der Waals surface area contributed by atoms with Gasteiger partial charge in [-0.3, -0.25) is 9.11 Å². The molecule has 4 aliphatic carbocycles. The van der Waals surface area contributed by atoms with E-state index in [-0.39, 0.29) is 21.9 Å². The summed E-state index contributed by atoms with van der Waals surface area (Å²) in [6.45, 7) is 25.5. The predicted octanol–water partition coefficient (Wildman–Crippen LogP) is 8.05. The number of nitrogens with zero attached hydrogens (tertiary/aromatic N) is 4. The molecule has 2 saturated heterocycles. The van der Waals surface area contributed by atoms with Gasteiger partial charge in [0, 0.05) is 44.1 Å². The molecule has 0 amide bonds. The summed E-state index contributed by atoms with van der Waals surface area (Å²) in [5.41, 5.74) is 2.58. The molecule has 2 aliphatic heterocycles. The topological polar surface area (TPSA) is 122 Å². The number of carboxylic acid groups (broad SMARTS) is 1. The van der Waals surface area contributed by atoms with Crippen LogP contribution in [0.2, 0.25) is 0 Å². The summed E-state index contributed by atoms with van der Waals surface area (Å²) in [6, 6.07) is 0. The van der Waals surface area contributed by atoms with E-state index >= 15 is 0 Å². The Labute approximate surface area is 309 Å². The van der Waals surface area contributed by atoms with Crippen molar-refractivity contribution in [1.29, 1.82) is 0 Å². The zero-order valence-corrected chi connectivity index (χ0v) is 33.2. The van der Waals surface area contributed by atoms with E-state index in [1.165, 1.54) is 69.3 Å². The largest absolute Gasteiger partial charge is 0.478 e. The van der Waals surface area contributed by atoms with E-state index in [0.717, 1.165) is 58.0 Å². The van der Waals surface area contributed by atoms with E-state index in [9.17, 15) is 19.0 Å². The zero-order valence-electron chi connectivity index (χ0n) is 32.4. The molecule has 0 aromatic carbocycles. The average Bonchev–Trinajstić information content (AvgIpc) is 3.45. The number of hydrogen-bond acceptors (Lipinski definition) is 8. The third-order valence-corrected chi connectivity index (χ3v) is 18.5. The minimum absolute atomic E-state index is 0.127. The number of aromatic nitrogens is 2. The fourth-order valence-electron chi connectivity index (χ4n) is 14.0. The van der Waals surface area contributed by atoms with Gasteiger partial charge in [-0.2, -0.15) is 10.6 Å². The van der Waals surface area contributed by atoms with Crippen LogP contribution in [-0.2, 0) is 0 Å². The lowest BCUT2D eigenvalue weighted by molar-refractivity contribution is -0.227. The van der Waals surface area contributed by atoms with E-state index in [1.807, 2.05) is 0 Å². The second-order valence-electron chi connectivity index (χ2n) is 19.3. The van der Waals surface area contributed by atoms with Crippen LogP contribution in [0.15, 0.2) is 24.5 Å². The molecule has 10 heteroatoms. The minimum atomic E-state index is -2.33. The Morgan fingerprint density at radius 3 is 2.29 bits per heavy atom. The molecule has 0 radical (unpaired) electrons.